The van der Waals surface area contributed by atoms with Crippen LogP contribution in [0.1, 0.15) is 39.2 Å². The molecule has 0 radical (unpaired) electrons. The van der Waals surface area contributed by atoms with Crippen molar-refractivity contribution in [2.45, 2.75) is 38.4 Å². The van der Waals surface area contributed by atoms with Gasteiger partial charge in [-0.15, -0.1) is 24.0 Å². The molecule has 138 valence electrons. The highest BCUT2D eigenvalue weighted by Crippen LogP contribution is 2.15. The van der Waals surface area contributed by atoms with Crippen LogP contribution in [0.5, 0.6) is 0 Å². The Hall–Kier alpha value is -0.830. The van der Waals surface area contributed by atoms with Gasteiger partial charge in [0.05, 0.1) is 10.5 Å². The van der Waals surface area contributed by atoms with Gasteiger partial charge >= 0.3 is 0 Å². The zero-order chi connectivity index (χ0) is 17.5. The van der Waals surface area contributed by atoms with E-state index in [1.807, 2.05) is 18.2 Å². The van der Waals surface area contributed by atoms with Gasteiger partial charge in [-0.1, -0.05) is 37.3 Å². The van der Waals surface area contributed by atoms with Gasteiger partial charge in [-0.25, -0.2) is 8.42 Å². The summed E-state index contributed by atoms with van der Waals surface area (Å²) < 4.78 is 23.4. The minimum absolute atomic E-state index is 0. The molecule has 1 unspecified atom stereocenters. The molecule has 0 saturated heterocycles. The number of nitrogens with zero attached hydrogens (tertiary/aromatic N) is 1. The Labute approximate surface area is 163 Å². The van der Waals surface area contributed by atoms with E-state index < -0.39 is 14.6 Å². The molecule has 7 heteroatoms. The molecule has 0 saturated carbocycles. The molecule has 0 heterocycles. The van der Waals surface area contributed by atoms with Crippen molar-refractivity contribution in [2.75, 3.05) is 25.9 Å². The van der Waals surface area contributed by atoms with Crippen molar-refractivity contribution in [1.29, 1.82) is 0 Å². The monoisotopic (exact) mass is 467 g/mol. The van der Waals surface area contributed by atoms with E-state index in [1.165, 1.54) is 5.56 Å². The molecule has 1 atom stereocenters. The molecule has 0 aliphatic rings. The van der Waals surface area contributed by atoms with Crippen LogP contribution < -0.4 is 10.6 Å². The average molecular weight is 467 g/mol. The molecule has 0 fully saturated rings. The number of rotatable bonds is 6. The standard InChI is InChI=1S/C17H29N3O2S.HI/c1-14(15-9-7-6-8-10-15)13-20-16(18-5)19-11-12-23(21,22)17(2,3)4;/h6-10,14H,11-13H2,1-5H3,(H2,18,19,20);1H. The summed E-state index contributed by atoms with van der Waals surface area (Å²) in [6.07, 6.45) is 0. The Morgan fingerprint density at radius 2 is 1.75 bits per heavy atom. The summed E-state index contributed by atoms with van der Waals surface area (Å²) in [6.45, 7) is 8.37. The third-order valence-electron chi connectivity index (χ3n) is 3.76. The summed E-state index contributed by atoms with van der Waals surface area (Å²) in [5.41, 5.74) is 1.26. The number of nitrogens with one attached hydrogen (secondary N) is 2. The van der Waals surface area contributed by atoms with E-state index in [0.29, 0.717) is 18.4 Å². The lowest BCUT2D eigenvalue weighted by Gasteiger charge is -2.20. The van der Waals surface area contributed by atoms with Gasteiger partial charge in [-0.05, 0) is 32.3 Å². The Bertz CT molecular complexity index is 610. The molecule has 0 amide bonds. The molecule has 2 N–H and O–H groups in total. The van der Waals surface area contributed by atoms with E-state index in [4.69, 9.17) is 0 Å². The van der Waals surface area contributed by atoms with Crippen molar-refractivity contribution in [3.8, 4) is 0 Å². The summed E-state index contributed by atoms with van der Waals surface area (Å²) >= 11 is 0. The van der Waals surface area contributed by atoms with Crippen LogP contribution in [-0.4, -0.2) is 45.0 Å². The van der Waals surface area contributed by atoms with E-state index in [-0.39, 0.29) is 29.7 Å². The molecule has 0 aliphatic heterocycles. The van der Waals surface area contributed by atoms with Crippen molar-refractivity contribution >= 4 is 39.8 Å². The van der Waals surface area contributed by atoms with Crippen LogP contribution in [0.15, 0.2) is 35.3 Å². The molecular formula is C17H30IN3O2S. The highest BCUT2D eigenvalue weighted by molar-refractivity contribution is 14.0. The third kappa shape index (κ3) is 7.38. The highest BCUT2D eigenvalue weighted by Gasteiger charge is 2.28. The minimum Gasteiger partial charge on any atom is -0.356 e. The lowest BCUT2D eigenvalue weighted by atomic mass is 10.0. The number of halogens is 1. The second kappa shape index (κ2) is 10.2. The van der Waals surface area contributed by atoms with Crippen LogP contribution in [-0.2, 0) is 9.84 Å². The summed E-state index contributed by atoms with van der Waals surface area (Å²) in [4.78, 5) is 4.14. The predicted octanol–water partition coefficient (Wildman–Crippen LogP) is 2.79. The molecule has 1 rings (SSSR count). The average Bonchev–Trinajstić information content (AvgIpc) is 2.50. The van der Waals surface area contributed by atoms with Gasteiger partial charge in [0.1, 0.15) is 0 Å². The topological polar surface area (TPSA) is 70.6 Å². The Kier molecular flexibility index (Phi) is 9.87. The van der Waals surface area contributed by atoms with Crippen LogP contribution in [0, 0.1) is 0 Å². The molecule has 1 aromatic rings. The van der Waals surface area contributed by atoms with E-state index in [0.717, 1.165) is 6.54 Å². The molecule has 5 nitrogen and oxygen atoms in total. The summed E-state index contributed by atoms with van der Waals surface area (Å²) in [6, 6.07) is 10.2. The molecule has 0 aromatic heterocycles. The van der Waals surface area contributed by atoms with Crippen LogP contribution in [0.3, 0.4) is 0 Å². The maximum absolute atomic E-state index is 12.1. The first-order chi connectivity index (χ1) is 10.7. The summed E-state index contributed by atoms with van der Waals surface area (Å²) in [7, 11) is -1.44. The second-order valence-corrected chi connectivity index (χ2v) is 9.49. The van der Waals surface area contributed by atoms with Crippen LogP contribution in [0.25, 0.3) is 0 Å². The summed E-state index contributed by atoms with van der Waals surface area (Å²) in [5.74, 6) is 1.05. The van der Waals surface area contributed by atoms with Crippen LogP contribution in [0.2, 0.25) is 0 Å². The van der Waals surface area contributed by atoms with E-state index in [2.05, 4.69) is 34.7 Å². The first kappa shape index (κ1) is 23.2. The van der Waals surface area contributed by atoms with Gasteiger partial charge in [0.25, 0.3) is 0 Å². The van der Waals surface area contributed by atoms with E-state index in [9.17, 15) is 8.42 Å². The number of hydrogen-bond donors (Lipinski definition) is 2. The van der Waals surface area contributed by atoms with Gasteiger partial charge in [0, 0.05) is 20.1 Å². The number of guanidine groups is 1. The van der Waals surface area contributed by atoms with Crippen molar-refractivity contribution in [2.24, 2.45) is 4.99 Å². The van der Waals surface area contributed by atoms with Crippen LogP contribution in [0.4, 0.5) is 0 Å². The fraction of sp³-hybridized carbons (Fsp3) is 0.588. The first-order valence-electron chi connectivity index (χ1n) is 7.89. The molecular weight excluding hydrogens is 437 g/mol. The van der Waals surface area contributed by atoms with Gasteiger partial charge in [0.2, 0.25) is 0 Å². The smallest absolute Gasteiger partial charge is 0.191 e. The van der Waals surface area contributed by atoms with E-state index >= 15 is 0 Å². The molecule has 0 spiro atoms. The van der Waals surface area contributed by atoms with Gasteiger partial charge in [0.15, 0.2) is 15.8 Å². The Morgan fingerprint density at radius 3 is 2.25 bits per heavy atom. The number of benzene rings is 1. The maximum Gasteiger partial charge on any atom is 0.191 e. The SMILES string of the molecule is CN=C(NCCS(=O)(=O)C(C)(C)C)NCC(C)c1ccccc1.I. The van der Waals surface area contributed by atoms with Crippen molar-refractivity contribution in [1.82, 2.24) is 10.6 Å². The van der Waals surface area contributed by atoms with Gasteiger partial charge in [-0.3, -0.25) is 4.99 Å². The molecule has 24 heavy (non-hydrogen) atoms. The zero-order valence-corrected chi connectivity index (χ0v) is 18.3. The van der Waals surface area contributed by atoms with Crippen molar-refractivity contribution < 1.29 is 8.42 Å². The lowest BCUT2D eigenvalue weighted by molar-refractivity contribution is 0.559. The fourth-order valence-corrected chi connectivity index (χ4v) is 2.96. The Morgan fingerprint density at radius 1 is 1.17 bits per heavy atom. The number of aliphatic imine (C=N–C) groups is 1. The predicted molar refractivity (Wildman–Crippen MR) is 113 cm³/mol. The molecule has 0 aliphatic carbocycles. The van der Waals surface area contributed by atoms with Crippen LogP contribution >= 0.6 is 24.0 Å². The van der Waals surface area contributed by atoms with Crippen molar-refractivity contribution in [3.63, 3.8) is 0 Å². The number of sulfone groups is 1. The van der Waals surface area contributed by atoms with Crippen molar-refractivity contribution in [3.05, 3.63) is 35.9 Å². The van der Waals surface area contributed by atoms with E-state index in [1.54, 1.807) is 27.8 Å². The third-order valence-corrected chi connectivity index (χ3v) is 6.37. The first-order valence-corrected chi connectivity index (χ1v) is 9.54. The quantitative estimate of drug-likeness (QED) is 0.384. The highest BCUT2D eigenvalue weighted by atomic mass is 127. The number of hydrogen-bond acceptors (Lipinski definition) is 3. The lowest BCUT2D eigenvalue weighted by Crippen LogP contribution is -2.42. The molecule has 0 bridgehead atoms. The largest absolute Gasteiger partial charge is 0.356 e. The zero-order valence-electron chi connectivity index (χ0n) is 15.2. The minimum atomic E-state index is -3.12. The van der Waals surface area contributed by atoms with Gasteiger partial charge in [-0.2, -0.15) is 0 Å². The fourth-order valence-electron chi connectivity index (χ4n) is 1.98. The molecule has 1 aromatic carbocycles. The van der Waals surface area contributed by atoms with Gasteiger partial charge < -0.3 is 10.6 Å². The Balaban J connectivity index is 0.00000529. The maximum atomic E-state index is 12.1. The summed E-state index contributed by atoms with van der Waals surface area (Å²) in [5, 5.41) is 6.30. The normalized spacial score (nSPS) is 13.8. The second-order valence-electron chi connectivity index (χ2n) is 6.62.